The van der Waals surface area contributed by atoms with Crippen LogP contribution in [-0.4, -0.2) is 49.5 Å². The quantitative estimate of drug-likeness (QED) is 0.682. The van der Waals surface area contributed by atoms with Crippen LogP contribution in [0.5, 0.6) is 5.88 Å². The van der Waals surface area contributed by atoms with Crippen molar-refractivity contribution < 1.29 is 9.53 Å². The Morgan fingerprint density at radius 3 is 2.66 bits per heavy atom. The van der Waals surface area contributed by atoms with Crippen LogP contribution in [0.2, 0.25) is 0 Å². The normalized spacial score (nSPS) is 19.2. The molecular weight excluding hydrogens is 366 g/mol. The van der Waals surface area contributed by atoms with Gasteiger partial charge in [-0.3, -0.25) is 4.79 Å². The number of amides is 1. The van der Waals surface area contributed by atoms with E-state index in [2.05, 4.69) is 22.1 Å². The van der Waals surface area contributed by atoms with Gasteiger partial charge in [0.2, 0.25) is 5.88 Å². The highest BCUT2D eigenvalue weighted by molar-refractivity contribution is 5.98. The zero-order chi connectivity index (χ0) is 20.4. The first-order valence-corrected chi connectivity index (χ1v) is 9.90. The van der Waals surface area contributed by atoms with Crippen molar-refractivity contribution in [2.75, 3.05) is 6.54 Å². The maximum Gasteiger partial charge on any atom is 0.256 e. The van der Waals surface area contributed by atoms with E-state index in [0.29, 0.717) is 23.7 Å². The lowest BCUT2D eigenvalue weighted by Crippen LogP contribution is -2.49. The van der Waals surface area contributed by atoms with Gasteiger partial charge in [0.15, 0.2) is 0 Å². The molecule has 3 heterocycles. The summed E-state index contributed by atoms with van der Waals surface area (Å²) in [7, 11) is 0. The smallest absolute Gasteiger partial charge is 0.256 e. The van der Waals surface area contributed by atoms with Gasteiger partial charge in [-0.15, -0.1) is 0 Å². The van der Waals surface area contributed by atoms with E-state index in [-0.39, 0.29) is 18.1 Å². The van der Waals surface area contributed by atoms with Gasteiger partial charge in [0.05, 0.1) is 30.2 Å². The van der Waals surface area contributed by atoms with Crippen molar-refractivity contribution in [2.24, 2.45) is 0 Å². The highest BCUT2D eigenvalue weighted by atomic mass is 16.5. The minimum absolute atomic E-state index is 0.0287. The van der Waals surface area contributed by atoms with Gasteiger partial charge in [0.25, 0.3) is 5.91 Å². The Morgan fingerprint density at radius 2 is 1.90 bits per heavy atom. The number of nitrogens with zero attached hydrogens (tertiary/aromatic N) is 5. The maximum absolute atomic E-state index is 13.5. The van der Waals surface area contributed by atoms with Gasteiger partial charge < -0.3 is 9.64 Å². The van der Waals surface area contributed by atoms with Crippen molar-refractivity contribution in [3.8, 4) is 11.6 Å². The summed E-state index contributed by atoms with van der Waals surface area (Å²) in [6.45, 7) is 6.52. The molecule has 0 saturated carbocycles. The van der Waals surface area contributed by atoms with Gasteiger partial charge in [0.1, 0.15) is 6.10 Å². The van der Waals surface area contributed by atoms with Crippen molar-refractivity contribution in [1.82, 2.24) is 24.9 Å². The highest BCUT2D eigenvalue weighted by Gasteiger charge is 2.32. The molecule has 1 saturated heterocycles. The van der Waals surface area contributed by atoms with Crippen LogP contribution in [0.15, 0.2) is 48.8 Å². The van der Waals surface area contributed by atoms with Crippen LogP contribution in [0.25, 0.3) is 5.69 Å². The summed E-state index contributed by atoms with van der Waals surface area (Å²) in [5.74, 6) is 0.577. The second kappa shape index (κ2) is 8.03. The van der Waals surface area contributed by atoms with E-state index in [1.165, 1.54) is 4.80 Å². The number of aryl methyl sites for hydroxylation is 2. The Labute approximate surface area is 170 Å². The second-order valence-electron chi connectivity index (χ2n) is 7.58. The van der Waals surface area contributed by atoms with Crippen LogP contribution in [-0.2, 0) is 0 Å². The number of rotatable bonds is 4. The Hall–Kier alpha value is -3.22. The molecule has 1 aliphatic rings. The summed E-state index contributed by atoms with van der Waals surface area (Å²) in [4.78, 5) is 21.3. The van der Waals surface area contributed by atoms with E-state index in [4.69, 9.17) is 4.74 Å². The predicted octanol–water partition coefficient (Wildman–Crippen LogP) is 3.35. The number of piperidine rings is 1. The van der Waals surface area contributed by atoms with Crippen molar-refractivity contribution in [3.63, 3.8) is 0 Å². The summed E-state index contributed by atoms with van der Waals surface area (Å²) in [5.41, 5.74) is 3.21. The van der Waals surface area contributed by atoms with Crippen LogP contribution in [0.4, 0.5) is 0 Å². The van der Waals surface area contributed by atoms with Crippen molar-refractivity contribution in [1.29, 1.82) is 0 Å². The topological polar surface area (TPSA) is 73.1 Å². The molecule has 2 atom stereocenters. The molecular formula is C22H25N5O2. The van der Waals surface area contributed by atoms with E-state index < -0.39 is 0 Å². The first-order valence-electron chi connectivity index (χ1n) is 9.90. The van der Waals surface area contributed by atoms with Gasteiger partial charge in [-0.05, 0) is 51.8 Å². The highest BCUT2D eigenvalue weighted by Crippen LogP contribution is 2.25. The molecule has 0 unspecified atom stereocenters. The van der Waals surface area contributed by atoms with Crippen LogP contribution in [0.3, 0.4) is 0 Å². The Kier molecular flexibility index (Phi) is 5.29. The third kappa shape index (κ3) is 4.13. The zero-order valence-electron chi connectivity index (χ0n) is 16.9. The van der Waals surface area contributed by atoms with Crippen LogP contribution in [0.1, 0.15) is 41.4 Å². The molecule has 1 amide bonds. The van der Waals surface area contributed by atoms with E-state index in [1.54, 1.807) is 12.4 Å². The molecule has 0 radical (unpaired) electrons. The lowest BCUT2D eigenvalue weighted by atomic mass is 9.99. The van der Waals surface area contributed by atoms with Gasteiger partial charge in [-0.25, -0.2) is 4.98 Å². The minimum atomic E-state index is -0.0828. The maximum atomic E-state index is 13.5. The van der Waals surface area contributed by atoms with E-state index in [1.807, 2.05) is 55.1 Å². The summed E-state index contributed by atoms with van der Waals surface area (Å²) >= 11 is 0. The largest absolute Gasteiger partial charge is 0.472 e. The van der Waals surface area contributed by atoms with Crippen LogP contribution in [0, 0.1) is 13.8 Å². The molecule has 3 aromatic rings. The molecule has 7 heteroatoms. The number of likely N-dealkylation sites (tertiary alicyclic amines) is 1. The fourth-order valence-corrected chi connectivity index (χ4v) is 3.70. The number of ether oxygens (including phenoxy) is 1. The Balaban J connectivity index is 1.58. The summed E-state index contributed by atoms with van der Waals surface area (Å²) in [5, 5.41) is 8.41. The molecule has 1 aromatic carbocycles. The van der Waals surface area contributed by atoms with E-state index in [9.17, 15) is 4.79 Å². The molecule has 2 aromatic heterocycles. The molecule has 7 nitrogen and oxygen atoms in total. The van der Waals surface area contributed by atoms with Gasteiger partial charge in [-0.1, -0.05) is 17.7 Å². The molecule has 0 aliphatic carbocycles. The van der Waals surface area contributed by atoms with Crippen molar-refractivity contribution >= 4 is 5.91 Å². The van der Waals surface area contributed by atoms with Crippen LogP contribution < -0.4 is 4.74 Å². The van der Waals surface area contributed by atoms with E-state index in [0.717, 1.165) is 24.1 Å². The van der Waals surface area contributed by atoms with Crippen LogP contribution >= 0.6 is 0 Å². The number of hydrogen-bond donors (Lipinski definition) is 0. The van der Waals surface area contributed by atoms with Gasteiger partial charge in [-0.2, -0.15) is 15.0 Å². The molecule has 4 rings (SSSR count). The molecule has 1 fully saturated rings. The molecule has 150 valence electrons. The van der Waals surface area contributed by atoms with E-state index >= 15 is 0 Å². The van der Waals surface area contributed by atoms with Gasteiger partial charge in [0, 0.05) is 17.8 Å². The SMILES string of the molecule is Cc1ccc(-n2nccn2)c(C(=O)N2C[C@H](Oc3cccc(C)n3)CC[C@@H]2C)c1. The molecule has 0 bridgehead atoms. The van der Waals surface area contributed by atoms with Crippen molar-refractivity contribution in [3.05, 3.63) is 65.6 Å². The first kappa shape index (κ1) is 19.1. The lowest BCUT2D eigenvalue weighted by molar-refractivity contribution is 0.0372. The average molecular weight is 391 g/mol. The molecule has 0 spiro atoms. The lowest BCUT2D eigenvalue weighted by Gasteiger charge is -2.38. The number of hydrogen-bond acceptors (Lipinski definition) is 5. The summed E-state index contributed by atoms with van der Waals surface area (Å²) < 4.78 is 6.09. The third-order valence-corrected chi connectivity index (χ3v) is 5.27. The van der Waals surface area contributed by atoms with Crippen molar-refractivity contribution in [2.45, 2.75) is 45.8 Å². The average Bonchev–Trinajstić information content (AvgIpc) is 3.23. The molecule has 29 heavy (non-hydrogen) atoms. The summed E-state index contributed by atoms with van der Waals surface area (Å²) in [6.07, 6.45) is 4.90. The first-order chi connectivity index (χ1) is 14.0. The standard InChI is InChI=1S/C22H25N5O2/c1-15-7-10-20(27-23-11-12-24-27)19(13-15)22(28)26-14-18(9-8-17(26)3)29-21-6-4-5-16(2)25-21/h4-7,10-13,17-18H,8-9,14H2,1-3H3/t17-,18+/m0/s1. The third-order valence-electron chi connectivity index (χ3n) is 5.27. The van der Waals surface area contributed by atoms with Gasteiger partial charge >= 0.3 is 0 Å². The molecule has 0 N–H and O–H groups in total. The fourth-order valence-electron chi connectivity index (χ4n) is 3.70. The monoisotopic (exact) mass is 391 g/mol. The second-order valence-corrected chi connectivity index (χ2v) is 7.58. The minimum Gasteiger partial charge on any atom is -0.472 e. The number of pyridine rings is 1. The molecule has 1 aliphatic heterocycles. The predicted molar refractivity (Wildman–Crippen MR) is 109 cm³/mol. The zero-order valence-corrected chi connectivity index (χ0v) is 16.9. The number of carbonyl (C=O) groups excluding carboxylic acids is 1. The Bertz CT molecular complexity index is 1000. The number of aromatic nitrogens is 4. The fraction of sp³-hybridized carbons (Fsp3) is 0.364. The summed E-state index contributed by atoms with van der Waals surface area (Å²) in [6, 6.07) is 11.6. The number of carbonyl (C=O) groups is 1. The number of benzene rings is 1. The Morgan fingerprint density at radius 1 is 1.10 bits per heavy atom.